The van der Waals surface area contributed by atoms with E-state index in [-0.39, 0.29) is 30.2 Å². The third kappa shape index (κ3) is 4.44. The molecule has 3 aromatic rings. The fraction of sp³-hybridized carbons (Fsp3) is 0.375. The Morgan fingerprint density at radius 1 is 1.17 bits per heavy atom. The van der Waals surface area contributed by atoms with E-state index in [4.69, 9.17) is 4.74 Å². The number of carbonyl (C=O) groups excluding carboxylic acids is 2. The molecule has 1 aliphatic rings. The zero-order valence-corrected chi connectivity index (χ0v) is 17.2. The Labute approximate surface area is 176 Å². The van der Waals surface area contributed by atoms with E-state index in [1.54, 1.807) is 12.4 Å². The van der Waals surface area contributed by atoms with Gasteiger partial charge in [0.05, 0.1) is 19.3 Å². The molecule has 1 aromatic carbocycles. The van der Waals surface area contributed by atoms with Gasteiger partial charge in [-0.1, -0.05) is 25.1 Å². The van der Waals surface area contributed by atoms with Gasteiger partial charge in [0.15, 0.2) is 5.78 Å². The Morgan fingerprint density at radius 2 is 1.97 bits per heavy atom. The van der Waals surface area contributed by atoms with Crippen molar-refractivity contribution < 1.29 is 14.3 Å². The number of Topliss-reactive ketones (excluding diaryl/α,β-unsaturated/α-hetero) is 1. The first-order valence-corrected chi connectivity index (χ1v) is 10.5. The molecule has 3 heterocycles. The molecule has 2 atom stereocenters. The Balaban J connectivity index is 1.46. The van der Waals surface area contributed by atoms with Crippen LogP contribution in [-0.4, -0.2) is 40.5 Å². The number of para-hydroxylation sites is 1. The molecule has 30 heavy (non-hydrogen) atoms. The van der Waals surface area contributed by atoms with Crippen molar-refractivity contribution in [3.05, 3.63) is 66.1 Å². The number of ether oxygens (including phenoxy) is 1. The van der Waals surface area contributed by atoms with Crippen LogP contribution in [0.25, 0.3) is 10.9 Å². The third-order valence-corrected chi connectivity index (χ3v) is 5.67. The SMILES string of the molecule is CCCC(=O)c1cn(CC(=O)N[C@@H]2COC[C@H]2Cc2ccncc2)c2ccccc12. The third-order valence-electron chi connectivity index (χ3n) is 5.67. The average Bonchev–Trinajstić information content (AvgIpc) is 3.34. The highest BCUT2D eigenvalue weighted by Gasteiger charge is 2.29. The molecule has 1 amide bonds. The molecule has 4 rings (SSSR count). The Kier molecular flexibility index (Phi) is 6.23. The lowest BCUT2D eigenvalue weighted by Gasteiger charge is -2.19. The fourth-order valence-electron chi connectivity index (χ4n) is 4.15. The van der Waals surface area contributed by atoms with Crippen molar-refractivity contribution in [2.24, 2.45) is 5.92 Å². The predicted molar refractivity (Wildman–Crippen MR) is 115 cm³/mol. The molecule has 6 heteroatoms. The molecule has 1 N–H and O–H groups in total. The van der Waals surface area contributed by atoms with Crippen LogP contribution in [0.15, 0.2) is 55.0 Å². The van der Waals surface area contributed by atoms with Crippen LogP contribution >= 0.6 is 0 Å². The van der Waals surface area contributed by atoms with Gasteiger partial charge in [-0.2, -0.15) is 0 Å². The first-order chi connectivity index (χ1) is 14.7. The molecule has 6 nitrogen and oxygen atoms in total. The molecule has 0 saturated carbocycles. The maximum atomic E-state index is 12.8. The van der Waals surface area contributed by atoms with Gasteiger partial charge in [0.1, 0.15) is 6.54 Å². The molecular formula is C24H27N3O3. The second-order valence-corrected chi connectivity index (χ2v) is 7.89. The van der Waals surface area contributed by atoms with Crippen molar-refractivity contribution in [3.63, 3.8) is 0 Å². The van der Waals surface area contributed by atoms with Crippen LogP contribution in [0, 0.1) is 5.92 Å². The summed E-state index contributed by atoms with van der Waals surface area (Å²) in [6.45, 7) is 3.33. The summed E-state index contributed by atoms with van der Waals surface area (Å²) in [5, 5.41) is 4.05. The van der Waals surface area contributed by atoms with Gasteiger partial charge in [0.25, 0.3) is 0 Å². The lowest BCUT2D eigenvalue weighted by Crippen LogP contribution is -2.42. The molecule has 2 aromatic heterocycles. The summed E-state index contributed by atoms with van der Waals surface area (Å²) in [5.41, 5.74) is 2.79. The van der Waals surface area contributed by atoms with E-state index in [2.05, 4.69) is 10.3 Å². The molecule has 0 aliphatic carbocycles. The smallest absolute Gasteiger partial charge is 0.240 e. The van der Waals surface area contributed by atoms with E-state index in [0.717, 1.165) is 23.7 Å². The van der Waals surface area contributed by atoms with Gasteiger partial charge < -0.3 is 14.6 Å². The molecule has 1 fully saturated rings. The number of nitrogens with zero attached hydrogens (tertiary/aromatic N) is 2. The maximum absolute atomic E-state index is 12.8. The Morgan fingerprint density at radius 3 is 2.77 bits per heavy atom. The number of rotatable bonds is 8. The summed E-state index contributed by atoms with van der Waals surface area (Å²) in [7, 11) is 0. The molecule has 0 unspecified atom stereocenters. The van der Waals surface area contributed by atoms with Gasteiger partial charge >= 0.3 is 0 Å². The quantitative estimate of drug-likeness (QED) is 0.583. The average molecular weight is 405 g/mol. The number of amides is 1. The van der Waals surface area contributed by atoms with E-state index >= 15 is 0 Å². The van der Waals surface area contributed by atoms with Crippen LogP contribution in [0.1, 0.15) is 35.7 Å². The minimum Gasteiger partial charge on any atom is -0.379 e. The van der Waals surface area contributed by atoms with Crippen molar-refractivity contribution >= 4 is 22.6 Å². The number of nitrogens with one attached hydrogen (secondary N) is 1. The Bertz CT molecular complexity index is 1030. The summed E-state index contributed by atoms with van der Waals surface area (Å²) in [4.78, 5) is 29.4. The second kappa shape index (κ2) is 9.22. The van der Waals surface area contributed by atoms with Crippen LogP contribution in [0.3, 0.4) is 0 Å². The van der Waals surface area contributed by atoms with Gasteiger partial charge in [-0.15, -0.1) is 0 Å². The van der Waals surface area contributed by atoms with E-state index in [1.807, 2.05) is 54.1 Å². The standard InChI is InChI=1S/C24H27N3O3/c1-2-5-23(28)20-13-27(22-7-4-3-6-19(20)22)14-24(29)26-21-16-30-15-18(21)12-17-8-10-25-11-9-17/h3-4,6-11,13,18,21H,2,5,12,14-16H2,1H3,(H,26,29)/t18-,21-/m1/s1. The molecule has 1 saturated heterocycles. The number of carbonyl (C=O) groups is 2. The first-order valence-electron chi connectivity index (χ1n) is 10.5. The summed E-state index contributed by atoms with van der Waals surface area (Å²) in [6.07, 6.45) is 7.55. The Hall–Kier alpha value is -2.99. The van der Waals surface area contributed by atoms with Crippen LogP contribution < -0.4 is 5.32 Å². The van der Waals surface area contributed by atoms with Crippen molar-refractivity contribution in [2.45, 2.75) is 38.8 Å². The van der Waals surface area contributed by atoms with E-state index < -0.39 is 0 Å². The summed E-state index contributed by atoms with van der Waals surface area (Å²) < 4.78 is 7.52. The normalized spacial score (nSPS) is 18.6. The number of aromatic nitrogens is 2. The minimum absolute atomic E-state index is 0.0197. The van der Waals surface area contributed by atoms with Gasteiger partial charge in [0.2, 0.25) is 5.91 Å². The first kappa shape index (κ1) is 20.3. The highest BCUT2D eigenvalue weighted by molar-refractivity contribution is 6.08. The predicted octanol–water partition coefficient (Wildman–Crippen LogP) is 3.39. The van der Waals surface area contributed by atoms with E-state index in [1.165, 1.54) is 5.56 Å². The maximum Gasteiger partial charge on any atom is 0.240 e. The molecular weight excluding hydrogens is 378 g/mol. The number of ketones is 1. The van der Waals surface area contributed by atoms with Gasteiger partial charge in [-0.3, -0.25) is 14.6 Å². The fourth-order valence-corrected chi connectivity index (χ4v) is 4.15. The topological polar surface area (TPSA) is 73.2 Å². The molecule has 0 bridgehead atoms. The van der Waals surface area contributed by atoms with Crippen molar-refractivity contribution in [2.75, 3.05) is 13.2 Å². The number of hydrogen-bond donors (Lipinski definition) is 1. The highest BCUT2D eigenvalue weighted by atomic mass is 16.5. The lowest BCUT2D eigenvalue weighted by atomic mass is 9.95. The number of benzene rings is 1. The van der Waals surface area contributed by atoms with Gasteiger partial charge in [0, 0.05) is 47.4 Å². The molecule has 0 spiro atoms. The number of hydrogen-bond acceptors (Lipinski definition) is 4. The minimum atomic E-state index is -0.0690. The number of fused-ring (bicyclic) bond motifs is 1. The summed E-state index contributed by atoms with van der Waals surface area (Å²) in [6, 6.07) is 11.7. The van der Waals surface area contributed by atoms with Gasteiger partial charge in [-0.25, -0.2) is 0 Å². The largest absolute Gasteiger partial charge is 0.379 e. The van der Waals surface area contributed by atoms with E-state index in [0.29, 0.717) is 25.2 Å². The van der Waals surface area contributed by atoms with Crippen LogP contribution in [-0.2, 0) is 22.5 Å². The monoisotopic (exact) mass is 405 g/mol. The van der Waals surface area contributed by atoms with Crippen LogP contribution in [0.5, 0.6) is 0 Å². The highest BCUT2D eigenvalue weighted by Crippen LogP contribution is 2.23. The second-order valence-electron chi connectivity index (χ2n) is 7.89. The van der Waals surface area contributed by atoms with Gasteiger partial charge in [-0.05, 0) is 36.6 Å². The van der Waals surface area contributed by atoms with Crippen molar-refractivity contribution in [1.82, 2.24) is 14.9 Å². The summed E-state index contributed by atoms with van der Waals surface area (Å²) in [5.74, 6) is 0.286. The molecule has 1 aliphatic heterocycles. The molecule has 156 valence electrons. The van der Waals surface area contributed by atoms with Crippen LogP contribution in [0.4, 0.5) is 0 Å². The molecule has 0 radical (unpaired) electrons. The van der Waals surface area contributed by atoms with Crippen molar-refractivity contribution in [1.29, 1.82) is 0 Å². The van der Waals surface area contributed by atoms with Crippen LogP contribution in [0.2, 0.25) is 0 Å². The van der Waals surface area contributed by atoms with E-state index in [9.17, 15) is 9.59 Å². The zero-order valence-electron chi connectivity index (χ0n) is 17.2. The lowest BCUT2D eigenvalue weighted by molar-refractivity contribution is -0.122. The summed E-state index contributed by atoms with van der Waals surface area (Å²) >= 11 is 0. The van der Waals surface area contributed by atoms with Crippen molar-refractivity contribution in [3.8, 4) is 0 Å². The number of pyridine rings is 1. The zero-order chi connectivity index (χ0) is 20.9.